The van der Waals surface area contributed by atoms with E-state index in [-0.39, 0.29) is 6.61 Å². The number of imidazole rings is 1. The van der Waals surface area contributed by atoms with Crippen LogP contribution < -0.4 is 5.32 Å². The van der Waals surface area contributed by atoms with Gasteiger partial charge in [0.2, 0.25) is 0 Å². The summed E-state index contributed by atoms with van der Waals surface area (Å²) in [5, 5.41) is 12.5. The molecule has 2 aromatic rings. The highest BCUT2D eigenvalue weighted by Gasteiger charge is 2.07. The van der Waals surface area contributed by atoms with E-state index >= 15 is 0 Å². The number of hydrogen-bond donors (Lipinski definition) is 3. The molecule has 2 rings (SSSR count). The highest BCUT2D eigenvalue weighted by Crippen LogP contribution is 2.13. The summed E-state index contributed by atoms with van der Waals surface area (Å²) in [7, 11) is 1.54. The van der Waals surface area contributed by atoms with Crippen molar-refractivity contribution in [2.24, 2.45) is 0 Å². The van der Waals surface area contributed by atoms with Crippen molar-refractivity contribution in [3.8, 4) is 0 Å². The first-order valence-electron chi connectivity index (χ1n) is 4.86. The zero-order chi connectivity index (χ0) is 11.4. The molecule has 0 radical (unpaired) electrons. The minimum atomic E-state index is -0.571. The fourth-order valence-corrected chi connectivity index (χ4v) is 1.36. The highest BCUT2D eigenvalue weighted by molar-refractivity contribution is 5.81. The normalized spacial score (nSPS) is 12.9. The second-order valence-electron chi connectivity index (χ2n) is 3.31. The molecule has 0 aromatic carbocycles. The number of anilines is 1. The third-order valence-electron chi connectivity index (χ3n) is 2.09. The van der Waals surface area contributed by atoms with E-state index < -0.39 is 6.10 Å². The molecule has 1 atom stereocenters. The van der Waals surface area contributed by atoms with Gasteiger partial charge >= 0.3 is 0 Å². The Morgan fingerprint density at radius 2 is 2.38 bits per heavy atom. The predicted octanol–water partition coefficient (Wildman–Crippen LogP) is -0.228. The largest absolute Gasteiger partial charge is 0.389 e. The summed E-state index contributed by atoms with van der Waals surface area (Å²) < 4.78 is 4.82. The molecule has 0 fully saturated rings. The Morgan fingerprint density at radius 3 is 3.19 bits per heavy atom. The van der Waals surface area contributed by atoms with Crippen molar-refractivity contribution in [3.63, 3.8) is 0 Å². The second-order valence-corrected chi connectivity index (χ2v) is 3.31. The number of nitrogens with zero attached hydrogens (tertiary/aromatic N) is 3. The summed E-state index contributed by atoms with van der Waals surface area (Å²) in [5.41, 5.74) is 1.32. The van der Waals surface area contributed by atoms with Gasteiger partial charge < -0.3 is 20.1 Å². The van der Waals surface area contributed by atoms with Crippen molar-refractivity contribution in [1.29, 1.82) is 0 Å². The number of ether oxygens (including phenoxy) is 1. The molecule has 16 heavy (non-hydrogen) atoms. The van der Waals surface area contributed by atoms with E-state index in [1.807, 2.05) is 0 Å². The molecule has 2 heterocycles. The van der Waals surface area contributed by atoms with Crippen molar-refractivity contribution in [3.05, 3.63) is 12.7 Å². The van der Waals surface area contributed by atoms with Crippen LogP contribution in [-0.4, -0.2) is 51.4 Å². The molecule has 3 N–H and O–H groups in total. The Hall–Kier alpha value is -1.73. The summed E-state index contributed by atoms with van der Waals surface area (Å²) in [6.07, 6.45) is 2.41. The van der Waals surface area contributed by atoms with Crippen LogP contribution in [0.25, 0.3) is 11.2 Å². The van der Waals surface area contributed by atoms with Crippen molar-refractivity contribution in [1.82, 2.24) is 19.9 Å². The molecule has 0 spiro atoms. The first-order valence-corrected chi connectivity index (χ1v) is 4.86. The zero-order valence-corrected chi connectivity index (χ0v) is 8.84. The SMILES string of the molecule is COCC(O)CNc1ncnc2nc[nH]c12. The number of aliphatic hydroxyl groups is 1. The quantitative estimate of drug-likeness (QED) is 0.648. The number of aliphatic hydroxyl groups excluding tert-OH is 1. The maximum atomic E-state index is 9.48. The van der Waals surface area contributed by atoms with E-state index in [4.69, 9.17) is 4.74 Å². The second kappa shape index (κ2) is 4.86. The Kier molecular flexibility index (Phi) is 3.28. The fourth-order valence-electron chi connectivity index (χ4n) is 1.36. The molecule has 0 bridgehead atoms. The lowest BCUT2D eigenvalue weighted by atomic mass is 10.3. The molecular weight excluding hydrogens is 210 g/mol. The van der Waals surface area contributed by atoms with Gasteiger partial charge in [0.1, 0.15) is 11.8 Å². The summed E-state index contributed by atoms with van der Waals surface area (Å²) in [5.74, 6) is 0.623. The Labute approximate surface area is 91.9 Å². The van der Waals surface area contributed by atoms with Crippen LogP contribution in [0, 0.1) is 0 Å². The van der Waals surface area contributed by atoms with E-state index in [0.717, 1.165) is 5.52 Å². The smallest absolute Gasteiger partial charge is 0.182 e. The average Bonchev–Trinajstić information content (AvgIpc) is 2.75. The summed E-state index contributed by atoms with van der Waals surface area (Å²) in [6, 6.07) is 0. The number of H-pyrrole nitrogens is 1. The van der Waals surface area contributed by atoms with Crippen LogP contribution in [0.5, 0.6) is 0 Å². The number of fused-ring (bicyclic) bond motifs is 1. The van der Waals surface area contributed by atoms with Gasteiger partial charge in [-0.25, -0.2) is 15.0 Å². The Morgan fingerprint density at radius 1 is 1.50 bits per heavy atom. The molecule has 0 saturated heterocycles. The maximum absolute atomic E-state index is 9.48. The van der Waals surface area contributed by atoms with Gasteiger partial charge in [-0.1, -0.05) is 0 Å². The maximum Gasteiger partial charge on any atom is 0.182 e. The molecule has 7 heteroatoms. The minimum Gasteiger partial charge on any atom is -0.389 e. The number of hydrogen-bond acceptors (Lipinski definition) is 6. The van der Waals surface area contributed by atoms with Crippen LogP contribution in [0.3, 0.4) is 0 Å². The molecule has 0 saturated carbocycles. The first-order chi connectivity index (χ1) is 7.81. The molecule has 1 unspecified atom stereocenters. The van der Waals surface area contributed by atoms with Crippen molar-refractivity contribution < 1.29 is 9.84 Å². The van der Waals surface area contributed by atoms with E-state index in [9.17, 15) is 5.11 Å². The van der Waals surface area contributed by atoms with Gasteiger partial charge in [-0.2, -0.15) is 0 Å². The number of nitrogens with one attached hydrogen (secondary N) is 2. The van der Waals surface area contributed by atoms with Gasteiger partial charge in [0.15, 0.2) is 11.5 Å². The summed E-state index contributed by atoms with van der Waals surface area (Å²) in [6.45, 7) is 0.642. The number of aromatic nitrogens is 4. The van der Waals surface area contributed by atoms with Crippen molar-refractivity contribution in [2.75, 3.05) is 25.6 Å². The molecule has 0 amide bonds. The lowest BCUT2D eigenvalue weighted by Gasteiger charge is -2.11. The topological polar surface area (TPSA) is 96.0 Å². The molecule has 2 aromatic heterocycles. The van der Waals surface area contributed by atoms with Gasteiger partial charge in [0.05, 0.1) is 19.0 Å². The van der Waals surface area contributed by atoms with Crippen molar-refractivity contribution in [2.45, 2.75) is 6.10 Å². The first kappa shape index (κ1) is 10.8. The third-order valence-corrected chi connectivity index (χ3v) is 2.09. The Balaban J connectivity index is 2.06. The van der Waals surface area contributed by atoms with E-state index in [2.05, 4.69) is 25.3 Å². The molecule has 0 aliphatic carbocycles. The fraction of sp³-hybridized carbons (Fsp3) is 0.444. The van der Waals surface area contributed by atoms with Crippen LogP contribution in [0.4, 0.5) is 5.82 Å². The number of rotatable bonds is 5. The van der Waals surface area contributed by atoms with Crippen LogP contribution in [0.2, 0.25) is 0 Å². The minimum absolute atomic E-state index is 0.282. The van der Waals surface area contributed by atoms with Crippen LogP contribution in [0.1, 0.15) is 0 Å². The average molecular weight is 223 g/mol. The molecule has 0 aliphatic rings. The summed E-state index contributed by atoms with van der Waals surface area (Å²) in [4.78, 5) is 15.0. The van der Waals surface area contributed by atoms with Gasteiger partial charge in [-0.15, -0.1) is 0 Å². The highest BCUT2D eigenvalue weighted by atomic mass is 16.5. The zero-order valence-electron chi connectivity index (χ0n) is 8.84. The number of methoxy groups -OCH3 is 1. The van der Waals surface area contributed by atoms with E-state index in [0.29, 0.717) is 18.0 Å². The van der Waals surface area contributed by atoms with E-state index in [1.54, 1.807) is 13.4 Å². The standard InChI is InChI=1S/C9H13N5O2/c1-16-3-6(15)2-10-8-7-9(12-4-11-7)14-5-13-8/h4-6,15H,2-3H2,1H3,(H2,10,11,12,13,14). The van der Waals surface area contributed by atoms with Crippen LogP contribution >= 0.6 is 0 Å². The lowest BCUT2D eigenvalue weighted by molar-refractivity contribution is 0.0727. The molecular formula is C9H13N5O2. The monoisotopic (exact) mass is 223 g/mol. The van der Waals surface area contributed by atoms with Crippen molar-refractivity contribution >= 4 is 17.0 Å². The van der Waals surface area contributed by atoms with Crippen LogP contribution in [0.15, 0.2) is 12.7 Å². The lowest BCUT2D eigenvalue weighted by Crippen LogP contribution is -2.24. The third kappa shape index (κ3) is 2.26. The molecule has 0 aliphatic heterocycles. The molecule has 86 valence electrons. The van der Waals surface area contributed by atoms with Crippen LogP contribution in [-0.2, 0) is 4.74 Å². The molecule has 7 nitrogen and oxygen atoms in total. The van der Waals surface area contributed by atoms with Gasteiger partial charge in [-0.3, -0.25) is 0 Å². The van der Waals surface area contributed by atoms with E-state index in [1.165, 1.54) is 6.33 Å². The van der Waals surface area contributed by atoms with Gasteiger partial charge in [0.25, 0.3) is 0 Å². The van der Waals surface area contributed by atoms with Gasteiger partial charge in [0, 0.05) is 13.7 Å². The Bertz CT molecular complexity index is 458. The van der Waals surface area contributed by atoms with Gasteiger partial charge in [-0.05, 0) is 0 Å². The number of aromatic amines is 1. The summed E-state index contributed by atoms with van der Waals surface area (Å²) >= 11 is 0. The predicted molar refractivity (Wildman–Crippen MR) is 58.1 cm³/mol.